The van der Waals surface area contributed by atoms with Crippen molar-refractivity contribution in [1.29, 1.82) is 0 Å². The molecule has 0 spiro atoms. The Labute approximate surface area is 148 Å². The van der Waals surface area contributed by atoms with Crippen LogP contribution in [0.1, 0.15) is 47.0 Å². The standard InChI is InChI=1S/C12H24O3S.K/c1-5-10-7-8(3)12(16(13,14)15)11(6-2)9(10)4;/h8-12H,5-7H2,1-4H3,(H,13,14,15);/q;+1/p-1. The summed E-state index contributed by atoms with van der Waals surface area (Å²) < 4.78 is 34.1. The van der Waals surface area contributed by atoms with Crippen molar-refractivity contribution in [3.05, 3.63) is 0 Å². The Morgan fingerprint density at radius 3 is 2.06 bits per heavy atom. The summed E-state index contributed by atoms with van der Waals surface area (Å²) in [5.74, 6) is 0.961. The van der Waals surface area contributed by atoms with Gasteiger partial charge in [0.1, 0.15) is 0 Å². The van der Waals surface area contributed by atoms with Crippen molar-refractivity contribution in [1.82, 2.24) is 0 Å². The quantitative estimate of drug-likeness (QED) is 0.525. The summed E-state index contributed by atoms with van der Waals surface area (Å²) in [5.41, 5.74) is 0. The zero-order chi connectivity index (χ0) is 12.5. The number of hydrogen-bond acceptors (Lipinski definition) is 3. The summed E-state index contributed by atoms with van der Waals surface area (Å²) in [4.78, 5) is 0. The van der Waals surface area contributed by atoms with Gasteiger partial charge in [-0.2, -0.15) is 0 Å². The molecule has 0 bridgehead atoms. The molecule has 1 fully saturated rings. The molecule has 3 nitrogen and oxygen atoms in total. The van der Waals surface area contributed by atoms with Crippen LogP contribution in [-0.4, -0.2) is 18.2 Å². The molecule has 0 N–H and O–H groups in total. The smallest absolute Gasteiger partial charge is 0.748 e. The van der Waals surface area contributed by atoms with E-state index in [2.05, 4.69) is 13.8 Å². The van der Waals surface area contributed by atoms with Gasteiger partial charge in [0.15, 0.2) is 0 Å². The molecule has 17 heavy (non-hydrogen) atoms. The minimum atomic E-state index is -4.15. The first-order valence-corrected chi connectivity index (χ1v) is 7.74. The van der Waals surface area contributed by atoms with Crippen molar-refractivity contribution in [2.24, 2.45) is 23.7 Å². The number of hydrogen-bond donors (Lipinski definition) is 0. The summed E-state index contributed by atoms with van der Waals surface area (Å²) in [7, 11) is -4.15. The van der Waals surface area contributed by atoms with Gasteiger partial charge in [-0.3, -0.25) is 0 Å². The first-order valence-electron chi connectivity index (χ1n) is 6.27. The molecule has 5 heteroatoms. The van der Waals surface area contributed by atoms with Gasteiger partial charge in [-0.15, -0.1) is 0 Å². The van der Waals surface area contributed by atoms with Crippen LogP contribution in [-0.2, 0) is 10.1 Å². The molecule has 0 radical (unpaired) electrons. The molecule has 0 aromatic rings. The average Bonchev–Trinajstić information content (AvgIpc) is 2.18. The van der Waals surface area contributed by atoms with Crippen LogP contribution in [0.3, 0.4) is 0 Å². The van der Waals surface area contributed by atoms with E-state index in [1.165, 1.54) is 0 Å². The normalized spacial score (nSPS) is 38.5. The van der Waals surface area contributed by atoms with E-state index in [9.17, 15) is 13.0 Å². The maximum absolute atomic E-state index is 11.4. The zero-order valence-corrected chi connectivity index (χ0v) is 15.6. The van der Waals surface area contributed by atoms with Crippen LogP contribution in [0.25, 0.3) is 0 Å². The summed E-state index contributed by atoms with van der Waals surface area (Å²) in [6.07, 6.45) is 2.74. The van der Waals surface area contributed by atoms with Crippen molar-refractivity contribution in [2.75, 3.05) is 0 Å². The summed E-state index contributed by atoms with van der Waals surface area (Å²) >= 11 is 0. The molecular formula is C12H23KO3S. The Bertz CT molecular complexity index is 329. The van der Waals surface area contributed by atoms with Gasteiger partial charge in [0, 0.05) is 0 Å². The second kappa shape index (κ2) is 7.36. The fraction of sp³-hybridized carbons (Fsp3) is 1.00. The first kappa shape index (κ1) is 18.5. The molecule has 1 saturated carbocycles. The Hall–Kier alpha value is 1.55. The van der Waals surface area contributed by atoms with E-state index in [1.807, 2.05) is 13.8 Å². The Balaban J connectivity index is 0.00000256. The summed E-state index contributed by atoms with van der Waals surface area (Å²) in [6.45, 7) is 8.15. The van der Waals surface area contributed by atoms with Crippen LogP contribution in [0.15, 0.2) is 0 Å². The summed E-state index contributed by atoms with van der Waals surface area (Å²) in [6, 6.07) is 0. The second-order valence-corrected chi connectivity index (χ2v) is 6.80. The molecule has 0 aromatic carbocycles. The maximum atomic E-state index is 11.4. The fourth-order valence-corrected chi connectivity index (χ4v) is 5.09. The van der Waals surface area contributed by atoms with Gasteiger partial charge in [0.2, 0.25) is 0 Å². The third-order valence-electron chi connectivity index (χ3n) is 4.41. The maximum Gasteiger partial charge on any atom is 1.00 e. The molecule has 96 valence electrons. The Kier molecular flexibility index (Phi) is 8.03. The van der Waals surface area contributed by atoms with E-state index in [0.29, 0.717) is 11.8 Å². The van der Waals surface area contributed by atoms with Crippen LogP contribution in [0.4, 0.5) is 0 Å². The molecule has 0 heterocycles. The van der Waals surface area contributed by atoms with Crippen LogP contribution >= 0.6 is 0 Å². The third-order valence-corrected chi connectivity index (χ3v) is 5.89. The minimum Gasteiger partial charge on any atom is -0.748 e. The third kappa shape index (κ3) is 4.26. The van der Waals surface area contributed by atoms with Crippen molar-refractivity contribution in [3.63, 3.8) is 0 Å². The zero-order valence-electron chi connectivity index (χ0n) is 11.6. The topological polar surface area (TPSA) is 57.2 Å². The van der Waals surface area contributed by atoms with Crippen LogP contribution in [0.5, 0.6) is 0 Å². The predicted octanol–water partition coefficient (Wildman–Crippen LogP) is -0.367. The van der Waals surface area contributed by atoms with Crippen molar-refractivity contribution < 1.29 is 64.4 Å². The molecule has 1 aliphatic rings. The van der Waals surface area contributed by atoms with Gasteiger partial charge in [0.25, 0.3) is 0 Å². The molecule has 1 aliphatic carbocycles. The first-order chi connectivity index (χ1) is 7.32. The number of rotatable bonds is 3. The van der Waals surface area contributed by atoms with E-state index in [4.69, 9.17) is 0 Å². The van der Waals surface area contributed by atoms with E-state index in [1.54, 1.807) is 0 Å². The molecular weight excluding hydrogens is 263 g/mol. The van der Waals surface area contributed by atoms with Crippen molar-refractivity contribution >= 4 is 10.1 Å². The van der Waals surface area contributed by atoms with Crippen molar-refractivity contribution in [3.8, 4) is 0 Å². The summed E-state index contributed by atoms with van der Waals surface area (Å²) in [5, 5.41) is -0.671. The van der Waals surface area contributed by atoms with Gasteiger partial charge in [0.05, 0.1) is 15.4 Å². The molecule has 0 aromatic heterocycles. The Morgan fingerprint density at radius 1 is 1.18 bits per heavy atom. The van der Waals surface area contributed by atoms with Gasteiger partial charge in [-0.25, -0.2) is 8.42 Å². The van der Waals surface area contributed by atoms with E-state index >= 15 is 0 Å². The van der Waals surface area contributed by atoms with E-state index in [-0.39, 0.29) is 63.2 Å². The molecule has 5 atom stereocenters. The average molecular weight is 286 g/mol. The van der Waals surface area contributed by atoms with Gasteiger partial charge in [-0.1, -0.05) is 40.5 Å². The molecule has 0 aliphatic heterocycles. The Morgan fingerprint density at radius 2 is 1.71 bits per heavy atom. The van der Waals surface area contributed by atoms with Crippen LogP contribution in [0.2, 0.25) is 0 Å². The molecule has 0 amide bonds. The van der Waals surface area contributed by atoms with E-state index in [0.717, 1.165) is 19.3 Å². The monoisotopic (exact) mass is 286 g/mol. The minimum absolute atomic E-state index is 0. The second-order valence-electron chi connectivity index (χ2n) is 5.27. The van der Waals surface area contributed by atoms with Crippen LogP contribution in [0, 0.1) is 23.7 Å². The molecule has 5 unspecified atom stereocenters. The molecule has 0 saturated heterocycles. The fourth-order valence-electron chi connectivity index (χ4n) is 3.54. The largest absolute Gasteiger partial charge is 1.00 e. The van der Waals surface area contributed by atoms with Crippen LogP contribution < -0.4 is 51.4 Å². The van der Waals surface area contributed by atoms with E-state index < -0.39 is 15.4 Å². The van der Waals surface area contributed by atoms with Gasteiger partial charge in [-0.05, 0) is 30.1 Å². The SMILES string of the molecule is CCC1CC(C)C(S(=O)(=O)[O-])C(CC)C1C.[K+]. The van der Waals surface area contributed by atoms with Crippen molar-refractivity contribution in [2.45, 2.75) is 52.2 Å². The van der Waals surface area contributed by atoms with Gasteiger partial charge >= 0.3 is 51.4 Å². The predicted molar refractivity (Wildman–Crippen MR) is 64.0 cm³/mol. The molecule has 1 rings (SSSR count). The van der Waals surface area contributed by atoms with Gasteiger partial charge < -0.3 is 4.55 Å².